The summed E-state index contributed by atoms with van der Waals surface area (Å²) in [5.41, 5.74) is 1.11. The molecule has 0 bridgehead atoms. The van der Waals surface area contributed by atoms with E-state index < -0.39 is 10.0 Å². The fourth-order valence-corrected chi connectivity index (χ4v) is 4.14. The Kier molecular flexibility index (Phi) is 3.90. The van der Waals surface area contributed by atoms with Crippen LogP contribution in [0.2, 0.25) is 0 Å². The van der Waals surface area contributed by atoms with Crippen molar-refractivity contribution < 1.29 is 13.5 Å². The summed E-state index contributed by atoms with van der Waals surface area (Å²) in [5, 5.41) is 18.1. The van der Waals surface area contributed by atoms with E-state index in [1.807, 2.05) is 6.07 Å². The molecular formula is C13H16N2O3S. The van der Waals surface area contributed by atoms with Crippen LogP contribution >= 0.6 is 0 Å². The van der Waals surface area contributed by atoms with E-state index in [0.717, 1.165) is 6.42 Å². The van der Waals surface area contributed by atoms with Gasteiger partial charge in [-0.3, -0.25) is 0 Å². The molecule has 0 aliphatic carbocycles. The number of aliphatic hydroxyl groups excluding tert-OH is 1. The molecule has 1 heterocycles. The number of sulfonamides is 1. The summed E-state index contributed by atoms with van der Waals surface area (Å²) in [6.45, 7) is 1.99. The smallest absolute Gasteiger partial charge is 0.243 e. The molecule has 1 aliphatic rings. The lowest BCUT2D eigenvalue weighted by Crippen LogP contribution is -2.37. The molecule has 6 heteroatoms. The number of nitriles is 1. The van der Waals surface area contributed by atoms with Gasteiger partial charge >= 0.3 is 0 Å². The maximum absolute atomic E-state index is 12.5. The van der Waals surface area contributed by atoms with Crippen molar-refractivity contribution in [1.29, 1.82) is 5.26 Å². The average molecular weight is 280 g/mol. The molecule has 5 nitrogen and oxygen atoms in total. The Morgan fingerprint density at radius 2 is 2.26 bits per heavy atom. The van der Waals surface area contributed by atoms with Gasteiger partial charge < -0.3 is 5.11 Å². The van der Waals surface area contributed by atoms with Crippen molar-refractivity contribution in [2.75, 3.05) is 13.2 Å². The zero-order valence-corrected chi connectivity index (χ0v) is 11.5. The molecule has 0 aromatic heterocycles. The third kappa shape index (κ3) is 2.50. The topological polar surface area (TPSA) is 81.4 Å². The van der Waals surface area contributed by atoms with Crippen molar-refractivity contribution in [2.45, 2.75) is 30.7 Å². The number of hydrogen-bond acceptors (Lipinski definition) is 4. The highest BCUT2D eigenvalue weighted by Gasteiger charge is 2.34. The lowest BCUT2D eigenvalue weighted by atomic mass is 10.1. The van der Waals surface area contributed by atoms with Crippen molar-refractivity contribution in [2.24, 2.45) is 0 Å². The fraction of sp³-hybridized carbons (Fsp3) is 0.462. The Morgan fingerprint density at radius 1 is 1.53 bits per heavy atom. The molecule has 1 aromatic rings. The standard InChI is InChI=1S/C13H16N2O3S/c1-10-7-13(5-4-11(10)8-14)19(17,18)15-6-2-3-12(15)9-16/h4-5,7,12,16H,2-3,6,9H2,1H3/t12-/m1/s1. The predicted octanol–water partition coefficient (Wildman–Crippen LogP) is 1.01. The largest absolute Gasteiger partial charge is 0.395 e. The Morgan fingerprint density at radius 3 is 2.84 bits per heavy atom. The number of hydrogen-bond donors (Lipinski definition) is 1. The average Bonchev–Trinajstić information content (AvgIpc) is 2.87. The van der Waals surface area contributed by atoms with Gasteiger partial charge in [0.1, 0.15) is 0 Å². The minimum absolute atomic E-state index is 0.158. The van der Waals surface area contributed by atoms with Gasteiger partial charge in [-0.25, -0.2) is 8.42 Å². The molecule has 1 saturated heterocycles. The first-order chi connectivity index (χ1) is 9.00. The molecule has 0 radical (unpaired) electrons. The van der Waals surface area contributed by atoms with E-state index in [0.29, 0.717) is 24.1 Å². The molecule has 2 rings (SSSR count). The van der Waals surface area contributed by atoms with Crippen LogP contribution < -0.4 is 0 Å². The van der Waals surface area contributed by atoms with E-state index >= 15 is 0 Å². The van der Waals surface area contributed by atoms with Gasteiger partial charge in [-0.15, -0.1) is 0 Å². The highest BCUT2D eigenvalue weighted by molar-refractivity contribution is 7.89. The Labute approximate surface area is 113 Å². The normalized spacial score (nSPS) is 20.4. The molecule has 1 aromatic carbocycles. The summed E-state index contributed by atoms with van der Waals surface area (Å²) in [4.78, 5) is 0.185. The lowest BCUT2D eigenvalue weighted by molar-refractivity contribution is 0.213. The number of benzene rings is 1. The van der Waals surface area contributed by atoms with Gasteiger partial charge in [0.15, 0.2) is 0 Å². The van der Waals surface area contributed by atoms with E-state index in [4.69, 9.17) is 5.26 Å². The molecule has 0 saturated carbocycles. The molecule has 1 atom stereocenters. The molecular weight excluding hydrogens is 264 g/mol. The number of rotatable bonds is 3. The fourth-order valence-electron chi connectivity index (χ4n) is 2.37. The SMILES string of the molecule is Cc1cc(S(=O)(=O)N2CCC[C@@H]2CO)ccc1C#N. The Bertz CT molecular complexity index is 619. The summed E-state index contributed by atoms with van der Waals surface area (Å²) in [6, 6.07) is 6.17. The van der Waals surface area contributed by atoms with Crippen molar-refractivity contribution in [3.8, 4) is 6.07 Å². The minimum atomic E-state index is -3.58. The lowest BCUT2D eigenvalue weighted by Gasteiger charge is -2.22. The van der Waals surface area contributed by atoms with Crippen LogP contribution in [0.15, 0.2) is 23.1 Å². The third-order valence-electron chi connectivity index (χ3n) is 3.46. The van der Waals surface area contributed by atoms with Crippen LogP contribution in [0.4, 0.5) is 0 Å². The minimum Gasteiger partial charge on any atom is -0.395 e. The van der Waals surface area contributed by atoms with E-state index in [9.17, 15) is 13.5 Å². The Hall–Kier alpha value is -1.42. The Balaban J connectivity index is 2.40. The van der Waals surface area contributed by atoms with Crippen LogP contribution in [0.1, 0.15) is 24.0 Å². The summed E-state index contributed by atoms with van der Waals surface area (Å²) >= 11 is 0. The molecule has 0 unspecified atom stereocenters. The summed E-state index contributed by atoms with van der Waals surface area (Å²) in [5.74, 6) is 0. The molecule has 1 N–H and O–H groups in total. The second-order valence-corrected chi connectivity index (χ2v) is 6.57. The molecule has 1 fully saturated rings. The van der Waals surface area contributed by atoms with E-state index in [-0.39, 0.29) is 17.5 Å². The maximum atomic E-state index is 12.5. The van der Waals surface area contributed by atoms with Crippen LogP contribution in [0.5, 0.6) is 0 Å². The van der Waals surface area contributed by atoms with Gasteiger partial charge in [0.05, 0.1) is 23.1 Å². The van der Waals surface area contributed by atoms with Gasteiger partial charge in [0.2, 0.25) is 10.0 Å². The monoisotopic (exact) mass is 280 g/mol. The number of nitrogens with zero attached hydrogens (tertiary/aromatic N) is 2. The first-order valence-corrected chi connectivity index (χ1v) is 7.58. The van der Waals surface area contributed by atoms with Gasteiger partial charge in [0.25, 0.3) is 0 Å². The van der Waals surface area contributed by atoms with Crippen LogP contribution in [-0.4, -0.2) is 37.0 Å². The summed E-state index contributed by atoms with van der Waals surface area (Å²) in [7, 11) is -3.58. The molecule has 19 heavy (non-hydrogen) atoms. The molecule has 0 spiro atoms. The van der Waals surface area contributed by atoms with Crippen molar-refractivity contribution in [3.05, 3.63) is 29.3 Å². The first-order valence-electron chi connectivity index (χ1n) is 6.14. The maximum Gasteiger partial charge on any atom is 0.243 e. The zero-order valence-electron chi connectivity index (χ0n) is 10.7. The van der Waals surface area contributed by atoms with Crippen LogP contribution in [-0.2, 0) is 10.0 Å². The summed E-state index contributed by atoms with van der Waals surface area (Å²) in [6.07, 6.45) is 1.45. The van der Waals surface area contributed by atoms with Crippen LogP contribution in [0.25, 0.3) is 0 Å². The number of aliphatic hydroxyl groups is 1. The second-order valence-electron chi connectivity index (χ2n) is 4.68. The van der Waals surface area contributed by atoms with E-state index in [2.05, 4.69) is 0 Å². The zero-order chi connectivity index (χ0) is 14.0. The predicted molar refractivity (Wildman–Crippen MR) is 69.9 cm³/mol. The first kappa shape index (κ1) is 14.0. The third-order valence-corrected chi connectivity index (χ3v) is 5.41. The molecule has 1 aliphatic heterocycles. The van der Waals surface area contributed by atoms with E-state index in [1.165, 1.54) is 22.5 Å². The summed E-state index contributed by atoms with van der Waals surface area (Å²) < 4.78 is 26.3. The van der Waals surface area contributed by atoms with Gasteiger partial charge in [-0.05, 0) is 43.5 Å². The van der Waals surface area contributed by atoms with Crippen LogP contribution in [0.3, 0.4) is 0 Å². The molecule has 0 amide bonds. The quantitative estimate of drug-likeness (QED) is 0.896. The van der Waals surface area contributed by atoms with Crippen molar-refractivity contribution >= 4 is 10.0 Å². The van der Waals surface area contributed by atoms with Gasteiger partial charge in [0, 0.05) is 12.6 Å². The number of aryl methyl sites for hydroxylation is 1. The van der Waals surface area contributed by atoms with E-state index in [1.54, 1.807) is 6.92 Å². The van der Waals surface area contributed by atoms with Crippen molar-refractivity contribution in [3.63, 3.8) is 0 Å². The van der Waals surface area contributed by atoms with Crippen LogP contribution in [0, 0.1) is 18.3 Å². The second kappa shape index (κ2) is 5.29. The van der Waals surface area contributed by atoms with Gasteiger partial charge in [-0.1, -0.05) is 0 Å². The van der Waals surface area contributed by atoms with Gasteiger partial charge in [-0.2, -0.15) is 9.57 Å². The highest BCUT2D eigenvalue weighted by atomic mass is 32.2. The van der Waals surface area contributed by atoms with Crippen molar-refractivity contribution in [1.82, 2.24) is 4.31 Å². The molecule has 102 valence electrons. The highest BCUT2D eigenvalue weighted by Crippen LogP contribution is 2.26.